The molecule has 0 unspecified atom stereocenters. The summed E-state index contributed by atoms with van der Waals surface area (Å²) in [6.07, 6.45) is 0. The van der Waals surface area contributed by atoms with Gasteiger partial charge in [-0.15, -0.1) is 16.4 Å². The van der Waals surface area contributed by atoms with Crippen LogP contribution < -0.4 is 5.32 Å². The summed E-state index contributed by atoms with van der Waals surface area (Å²) in [5.41, 5.74) is 0.841. The van der Waals surface area contributed by atoms with E-state index in [0.717, 1.165) is 18.2 Å². The molecular formula is C17H8Cl2F2N4OS. The van der Waals surface area contributed by atoms with Crippen LogP contribution in [0.1, 0.15) is 10.4 Å². The molecule has 0 fully saturated rings. The first-order chi connectivity index (χ1) is 12.9. The minimum absolute atomic E-state index is 0.0464. The van der Waals surface area contributed by atoms with Gasteiger partial charge in [0, 0.05) is 16.0 Å². The molecular weight excluding hydrogens is 417 g/mol. The van der Waals surface area contributed by atoms with Crippen LogP contribution in [0, 0.1) is 11.6 Å². The standard InChI is InChI=1S/C17H8Cl2F2N4OS/c18-8-1-3-12(19)10(5-8)14-7-27-17-23-16(24-25(14)17)22-15(26)11-6-9(20)2-4-13(11)21/h1-7H,(H,22,24,26). The van der Waals surface area contributed by atoms with Gasteiger partial charge in [-0.2, -0.15) is 4.98 Å². The van der Waals surface area contributed by atoms with E-state index in [2.05, 4.69) is 15.4 Å². The first-order valence-electron chi connectivity index (χ1n) is 7.48. The summed E-state index contributed by atoms with van der Waals surface area (Å²) in [7, 11) is 0. The van der Waals surface area contributed by atoms with Gasteiger partial charge in [0.1, 0.15) is 11.6 Å². The lowest BCUT2D eigenvalue weighted by molar-refractivity contribution is 0.102. The van der Waals surface area contributed by atoms with Crippen molar-refractivity contribution in [1.29, 1.82) is 0 Å². The van der Waals surface area contributed by atoms with Crippen molar-refractivity contribution in [3.63, 3.8) is 0 Å². The predicted molar refractivity (Wildman–Crippen MR) is 101 cm³/mol. The lowest BCUT2D eigenvalue weighted by Crippen LogP contribution is -2.15. The average molecular weight is 425 g/mol. The Kier molecular flexibility index (Phi) is 4.55. The molecule has 0 aliphatic carbocycles. The SMILES string of the molecule is O=C(Nc1nc2scc(-c3cc(Cl)ccc3Cl)n2n1)c1cc(F)ccc1F. The van der Waals surface area contributed by atoms with Crippen LogP contribution >= 0.6 is 34.5 Å². The number of amides is 1. The molecule has 1 N–H and O–H groups in total. The van der Waals surface area contributed by atoms with E-state index in [4.69, 9.17) is 23.2 Å². The monoisotopic (exact) mass is 424 g/mol. The number of aromatic nitrogens is 3. The van der Waals surface area contributed by atoms with E-state index in [1.54, 1.807) is 23.6 Å². The van der Waals surface area contributed by atoms with Gasteiger partial charge in [-0.05, 0) is 36.4 Å². The Morgan fingerprint density at radius 2 is 1.96 bits per heavy atom. The van der Waals surface area contributed by atoms with E-state index in [1.807, 2.05) is 0 Å². The Morgan fingerprint density at radius 3 is 2.78 bits per heavy atom. The molecule has 0 saturated carbocycles. The molecule has 0 atom stereocenters. The van der Waals surface area contributed by atoms with Gasteiger partial charge in [0.2, 0.25) is 4.96 Å². The Balaban J connectivity index is 1.69. The second-order valence-corrected chi connectivity index (χ2v) is 7.13. The number of nitrogens with one attached hydrogen (secondary N) is 1. The van der Waals surface area contributed by atoms with Crippen LogP contribution in [0.15, 0.2) is 41.8 Å². The number of hydrogen-bond donors (Lipinski definition) is 1. The van der Waals surface area contributed by atoms with Gasteiger partial charge in [0.25, 0.3) is 11.9 Å². The van der Waals surface area contributed by atoms with Crippen LogP contribution in [0.5, 0.6) is 0 Å². The molecule has 0 radical (unpaired) electrons. The maximum atomic E-state index is 13.7. The first-order valence-corrected chi connectivity index (χ1v) is 9.12. The van der Waals surface area contributed by atoms with Crippen LogP contribution in [0.2, 0.25) is 10.0 Å². The van der Waals surface area contributed by atoms with Gasteiger partial charge in [0.15, 0.2) is 0 Å². The van der Waals surface area contributed by atoms with Crippen molar-refractivity contribution in [2.75, 3.05) is 5.32 Å². The van der Waals surface area contributed by atoms with Crippen molar-refractivity contribution in [2.45, 2.75) is 0 Å². The van der Waals surface area contributed by atoms with Crippen LogP contribution in [-0.4, -0.2) is 20.5 Å². The number of thiazole rings is 1. The molecule has 2 aromatic heterocycles. The van der Waals surface area contributed by atoms with Gasteiger partial charge in [0.05, 0.1) is 16.3 Å². The molecule has 0 bridgehead atoms. The zero-order valence-electron chi connectivity index (χ0n) is 13.2. The maximum Gasteiger partial charge on any atom is 0.261 e. The molecule has 0 aliphatic rings. The van der Waals surface area contributed by atoms with Crippen molar-refractivity contribution >= 4 is 51.4 Å². The average Bonchev–Trinajstić information content (AvgIpc) is 3.19. The summed E-state index contributed by atoms with van der Waals surface area (Å²) < 4.78 is 28.5. The highest BCUT2D eigenvalue weighted by molar-refractivity contribution is 7.15. The van der Waals surface area contributed by atoms with E-state index in [1.165, 1.54) is 15.9 Å². The van der Waals surface area contributed by atoms with Crippen LogP contribution in [0.3, 0.4) is 0 Å². The van der Waals surface area contributed by atoms with Crippen LogP contribution in [0.25, 0.3) is 16.2 Å². The molecule has 0 saturated heterocycles. The molecule has 0 aliphatic heterocycles. The summed E-state index contributed by atoms with van der Waals surface area (Å²) in [6.45, 7) is 0. The Hall–Kier alpha value is -2.55. The van der Waals surface area contributed by atoms with E-state index >= 15 is 0 Å². The number of halogens is 4. The number of hydrogen-bond acceptors (Lipinski definition) is 4. The summed E-state index contributed by atoms with van der Waals surface area (Å²) >= 11 is 13.5. The lowest BCUT2D eigenvalue weighted by atomic mass is 10.2. The zero-order chi connectivity index (χ0) is 19.1. The van der Waals surface area contributed by atoms with Crippen molar-refractivity contribution in [3.8, 4) is 11.3 Å². The topological polar surface area (TPSA) is 59.3 Å². The molecule has 2 heterocycles. The van der Waals surface area contributed by atoms with E-state index in [0.29, 0.717) is 26.3 Å². The van der Waals surface area contributed by atoms with Gasteiger partial charge >= 0.3 is 0 Å². The van der Waals surface area contributed by atoms with Crippen LogP contribution in [0.4, 0.5) is 14.7 Å². The molecule has 4 rings (SSSR count). The minimum Gasteiger partial charge on any atom is -0.289 e. The van der Waals surface area contributed by atoms with E-state index in [9.17, 15) is 13.6 Å². The molecule has 1 amide bonds. The molecule has 10 heteroatoms. The highest BCUT2D eigenvalue weighted by Crippen LogP contribution is 2.33. The first kappa shape index (κ1) is 17.8. The van der Waals surface area contributed by atoms with Gasteiger partial charge < -0.3 is 0 Å². The molecule has 27 heavy (non-hydrogen) atoms. The van der Waals surface area contributed by atoms with Crippen LogP contribution in [-0.2, 0) is 0 Å². The minimum atomic E-state index is -0.854. The number of carbonyl (C=O) groups excluding carboxylic acids is 1. The summed E-state index contributed by atoms with van der Waals surface area (Å²) in [4.78, 5) is 16.9. The van der Waals surface area contributed by atoms with Gasteiger partial charge in [-0.25, -0.2) is 13.3 Å². The quantitative estimate of drug-likeness (QED) is 0.485. The third kappa shape index (κ3) is 3.39. The summed E-state index contributed by atoms with van der Waals surface area (Å²) in [5.74, 6) is -2.47. The Labute approximate surface area is 165 Å². The third-order valence-corrected chi connectivity index (χ3v) is 5.07. The summed E-state index contributed by atoms with van der Waals surface area (Å²) in [6, 6.07) is 7.63. The van der Waals surface area contributed by atoms with E-state index < -0.39 is 23.1 Å². The fraction of sp³-hybridized carbons (Fsp3) is 0. The molecule has 136 valence electrons. The second kappa shape index (κ2) is 6.88. The number of anilines is 1. The number of nitrogens with zero attached hydrogens (tertiary/aromatic N) is 3. The second-order valence-electron chi connectivity index (χ2n) is 5.45. The van der Waals surface area contributed by atoms with Crippen molar-refractivity contribution < 1.29 is 13.6 Å². The normalized spacial score (nSPS) is 11.1. The number of benzene rings is 2. The molecule has 2 aromatic carbocycles. The van der Waals surface area contributed by atoms with Gasteiger partial charge in [-0.3, -0.25) is 10.1 Å². The Bertz CT molecular complexity index is 1190. The summed E-state index contributed by atoms with van der Waals surface area (Å²) in [5, 5.41) is 9.34. The van der Waals surface area contributed by atoms with Crippen molar-refractivity contribution in [1.82, 2.24) is 14.6 Å². The van der Waals surface area contributed by atoms with Crippen molar-refractivity contribution in [3.05, 3.63) is 69.0 Å². The number of rotatable bonds is 3. The fourth-order valence-electron chi connectivity index (χ4n) is 2.45. The third-order valence-electron chi connectivity index (χ3n) is 3.68. The number of fused-ring (bicyclic) bond motifs is 1. The molecule has 0 spiro atoms. The van der Waals surface area contributed by atoms with Gasteiger partial charge in [-0.1, -0.05) is 23.2 Å². The lowest BCUT2D eigenvalue weighted by Gasteiger charge is -2.04. The maximum absolute atomic E-state index is 13.7. The highest BCUT2D eigenvalue weighted by atomic mass is 35.5. The predicted octanol–water partition coefficient (Wildman–Crippen LogP) is 5.30. The number of carbonyl (C=O) groups is 1. The smallest absolute Gasteiger partial charge is 0.261 e. The largest absolute Gasteiger partial charge is 0.289 e. The van der Waals surface area contributed by atoms with Crippen molar-refractivity contribution in [2.24, 2.45) is 0 Å². The Morgan fingerprint density at radius 1 is 1.15 bits per heavy atom. The van der Waals surface area contributed by atoms with E-state index in [-0.39, 0.29) is 5.95 Å². The molecule has 5 nitrogen and oxygen atoms in total. The zero-order valence-corrected chi connectivity index (χ0v) is 15.5. The highest BCUT2D eigenvalue weighted by Gasteiger charge is 2.18. The molecule has 4 aromatic rings. The fourth-order valence-corrected chi connectivity index (χ4v) is 3.66.